The lowest BCUT2D eigenvalue weighted by Gasteiger charge is -2.28. The van der Waals surface area contributed by atoms with E-state index in [1.807, 2.05) is 0 Å². The molecule has 1 saturated carbocycles. The van der Waals surface area contributed by atoms with Crippen LogP contribution in [0.5, 0.6) is 0 Å². The van der Waals surface area contributed by atoms with Gasteiger partial charge in [0.25, 0.3) is 10.1 Å². The first-order valence-electron chi connectivity index (χ1n) is 5.08. The monoisotopic (exact) mass is 204 g/mol. The van der Waals surface area contributed by atoms with Gasteiger partial charge in [-0.1, -0.05) is 12.8 Å². The van der Waals surface area contributed by atoms with Gasteiger partial charge in [0, 0.05) is 0 Å². The molecule has 2 aliphatic rings. The first-order valence-corrected chi connectivity index (χ1v) is 6.66. The Balaban J connectivity index is 2.11. The molecule has 0 radical (unpaired) electrons. The van der Waals surface area contributed by atoms with Gasteiger partial charge >= 0.3 is 0 Å². The molecule has 0 bridgehead atoms. The zero-order valence-corrected chi connectivity index (χ0v) is 8.55. The summed E-state index contributed by atoms with van der Waals surface area (Å²) in [5.74, 6) is 0.728. The van der Waals surface area contributed by atoms with Crippen molar-refractivity contribution in [3.63, 3.8) is 0 Å². The molecule has 2 rings (SSSR count). The molecule has 0 amide bonds. The molecule has 1 heterocycles. The maximum Gasteiger partial charge on any atom is 0.267 e. The second-order valence-corrected chi connectivity index (χ2v) is 5.80. The molecule has 0 N–H and O–H groups in total. The topological polar surface area (TPSA) is 43.4 Å². The zero-order chi connectivity index (χ0) is 9.31. The maximum absolute atomic E-state index is 11.3. The fourth-order valence-corrected chi connectivity index (χ4v) is 3.64. The Kier molecular flexibility index (Phi) is 2.60. The molecule has 4 heteroatoms. The van der Waals surface area contributed by atoms with Crippen LogP contribution < -0.4 is 0 Å². The van der Waals surface area contributed by atoms with E-state index in [1.165, 1.54) is 6.42 Å². The van der Waals surface area contributed by atoms with Crippen LogP contribution in [0.1, 0.15) is 38.5 Å². The van der Waals surface area contributed by atoms with Crippen molar-refractivity contribution >= 4 is 10.1 Å². The Labute approximate surface area is 79.6 Å². The second-order valence-electron chi connectivity index (χ2n) is 4.08. The SMILES string of the molecule is O=S1(=O)CCCC2CCCCC2O1. The molecule has 0 aromatic rings. The van der Waals surface area contributed by atoms with E-state index in [9.17, 15) is 8.42 Å². The first-order chi connectivity index (χ1) is 6.17. The summed E-state index contributed by atoms with van der Waals surface area (Å²) in [6, 6.07) is 0. The molecule has 1 saturated heterocycles. The Morgan fingerprint density at radius 1 is 1.00 bits per heavy atom. The van der Waals surface area contributed by atoms with Gasteiger partial charge in [0.05, 0.1) is 11.9 Å². The largest absolute Gasteiger partial charge is 0.267 e. The van der Waals surface area contributed by atoms with Crippen molar-refractivity contribution in [1.29, 1.82) is 0 Å². The second kappa shape index (κ2) is 3.58. The summed E-state index contributed by atoms with van der Waals surface area (Å²) < 4.78 is 27.8. The van der Waals surface area contributed by atoms with E-state index in [0.717, 1.165) is 32.1 Å². The molecule has 1 aliphatic heterocycles. The third-order valence-electron chi connectivity index (χ3n) is 3.08. The predicted octanol–water partition coefficient (Wildman–Crippen LogP) is 1.69. The summed E-state index contributed by atoms with van der Waals surface area (Å²) in [6.07, 6.45) is 6.26. The quantitative estimate of drug-likeness (QED) is 0.564. The summed E-state index contributed by atoms with van der Waals surface area (Å²) in [5.41, 5.74) is 0. The summed E-state index contributed by atoms with van der Waals surface area (Å²) in [6.45, 7) is 0. The minimum atomic E-state index is -3.19. The molecule has 0 aromatic carbocycles. The Hall–Kier alpha value is -0.0900. The van der Waals surface area contributed by atoms with Crippen LogP contribution in [0, 0.1) is 5.92 Å². The number of rotatable bonds is 0. The van der Waals surface area contributed by atoms with E-state index in [4.69, 9.17) is 4.18 Å². The molecule has 3 nitrogen and oxygen atoms in total. The Morgan fingerprint density at radius 2 is 1.69 bits per heavy atom. The van der Waals surface area contributed by atoms with Gasteiger partial charge in [0.15, 0.2) is 0 Å². The number of fused-ring (bicyclic) bond motifs is 1. The molecule has 0 aromatic heterocycles. The van der Waals surface area contributed by atoms with Crippen molar-refractivity contribution in [2.75, 3.05) is 5.75 Å². The summed E-state index contributed by atoms with van der Waals surface area (Å²) in [4.78, 5) is 0. The van der Waals surface area contributed by atoms with Gasteiger partial charge < -0.3 is 0 Å². The molecular weight excluding hydrogens is 188 g/mol. The molecule has 2 atom stereocenters. The van der Waals surface area contributed by atoms with Gasteiger partial charge in [0.2, 0.25) is 0 Å². The van der Waals surface area contributed by atoms with Gasteiger partial charge in [-0.05, 0) is 31.6 Å². The summed E-state index contributed by atoms with van der Waals surface area (Å²) in [5, 5.41) is 0. The zero-order valence-electron chi connectivity index (χ0n) is 7.74. The van der Waals surface area contributed by atoms with Crippen LogP contribution >= 0.6 is 0 Å². The Bertz CT molecular complexity index is 271. The van der Waals surface area contributed by atoms with Gasteiger partial charge in [-0.2, -0.15) is 8.42 Å². The average Bonchev–Trinajstić information content (AvgIpc) is 2.21. The number of hydrogen-bond acceptors (Lipinski definition) is 3. The maximum atomic E-state index is 11.3. The molecule has 2 unspecified atom stereocenters. The normalized spacial score (nSPS) is 39.1. The lowest BCUT2D eigenvalue weighted by molar-refractivity contribution is 0.102. The Morgan fingerprint density at radius 3 is 2.54 bits per heavy atom. The van der Waals surface area contributed by atoms with E-state index in [0.29, 0.717) is 5.92 Å². The fraction of sp³-hybridized carbons (Fsp3) is 1.00. The average molecular weight is 204 g/mol. The molecular formula is C9H16O3S. The van der Waals surface area contributed by atoms with Crippen LogP contribution in [-0.4, -0.2) is 20.3 Å². The smallest absolute Gasteiger partial charge is 0.266 e. The van der Waals surface area contributed by atoms with E-state index in [1.54, 1.807) is 0 Å². The van der Waals surface area contributed by atoms with Gasteiger partial charge in [-0.15, -0.1) is 0 Å². The van der Waals surface area contributed by atoms with Crippen molar-refractivity contribution in [1.82, 2.24) is 0 Å². The van der Waals surface area contributed by atoms with Crippen LogP contribution in [0.3, 0.4) is 0 Å². The van der Waals surface area contributed by atoms with Crippen molar-refractivity contribution in [3.8, 4) is 0 Å². The van der Waals surface area contributed by atoms with Gasteiger partial charge in [-0.25, -0.2) is 0 Å². The molecule has 13 heavy (non-hydrogen) atoms. The lowest BCUT2D eigenvalue weighted by atomic mass is 9.84. The van der Waals surface area contributed by atoms with Crippen LogP contribution in [0.2, 0.25) is 0 Å². The first kappa shape index (κ1) is 9.46. The molecule has 1 aliphatic carbocycles. The van der Waals surface area contributed by atoms with Crippen LogP contribution in [0.25, 0.3) is 0 Å². The van der Waals surface area contributed by atoms with Crippen LogP contribution in [0.4, 0.5) is 0 Å². The number of hydrogen-bond donors (Lipinski definition) is 0. The highest BCUT2D eigenvalue weighted by atomic mass is 32.2. The van der Waals surface area contributed by atoms with Gasteiger partial charge in [-0.3, -0.25) is 4.18 Å². The highest BCUT2D eigenvalue weighted by Gasteiger charge is 2.32. The molecule has 2 fully saturated rings. The van der Waals surface area contributed by atoms with Crippen molar-refractivity contribution in [3.05, 3.63) is 0 Å². The van der Waals surface area contributed by atoms with Crippen molar-refractivity contribution < 1.29 is 12.6 Å². The van der Waals surface area contributed by atoms with E-state index < -0.39 is 10.1 Å². The highest BCUT2D eigenvalue weighted by Crippen LogP contribution is 2.33. The molecule has 0 spiro atoms. The highest BCUT2D eigenvalue weighted by molar-refractivity contribution is 7.86. The van der Waals surface area contributed by atoms with Crippen molar-refractivity contribution in [2.45, 2.75) is 44.6 Å². The third kappa shape index (κ3) is 2.23. The predicted molar refractivity (Wildman–Crippen MR) is 49.9 cm³/mol. The van der Waals surface area contributed by atoms with E-state index >= 15 is 0 Å². The van der Waals surface area contributed by atoms with E-state index in [2.05, 4.69) is 0 Å². The van der Waals surface area contributed by atoms with Crippen molar-refractivity contribution in [2.24, 2.45) is 5.92 Å². The van der Waals surface area contributed by atoms with E-state index in [-0.39, 0.29) is 11.9 Å². The lowest BCUT2D eigenvalue weighted by Crippen LogP contribution is -2.27. The van der Waals surface area contributed by atoms with Gasteiger partial charge in [0.1, 0.15) is 0 Å². The summed E-state index contributed by atoms with van der Waals surface area (Å²) in [7, 11) is -3.19. The minimum Gasteiger partial charge on any atom is -0.266 e. The van der Waals surface area contributed by atoms with Crippen LogP contribution in [-0.2, 0) is 14.3 Å². The standard InChI is InChI=1S/C9H16O3S/c10-13(11)7-3-5-8-4-1-2-6-9(8)12-13/h8-9H,1-7H2. The van der Waals surface area contributed by atoms with Crippen LogP contribution in [0.15, 0.2) is 0 Å². The third-order valence-corrected chi connectivity index (χ3v) is 4.41. The fourth-order valence-electron chi connectivity index (χ4n) is 2.39. The summed E-state index contributed by atoms with van der Waals surface area (Å²) >= 11 is 0. The molecule has 76 valence electrons. The minimum absolute atomic E-state index is 0.00116.